The topological polar surface area (TPSA) is 57.6 Å². The summed E-state index contributed by atoms with van der Waals surface area (Å²) in [6.45, 7) is 2.86. The normalized spacial score (nSPS) is 19.2. The second-order valence-corrected chi connectivity index (χ2v) is 4.94. The molecule has 1 unspecified atom stereocenters. The number of benzene rings is 1. The second kappa shape index (κ2) is 5.87. The number of carboxylic acid groups (broad SMARTS) is 1. The molecular weight excluding hydrogens is 242 g/mol. The van der Waals surface area contributed by atoms with Crippen LogP contribution in [-0.2, 0) is 0 Å². The molecule has 4 heteroatoms. The minimum absolute atomic E-state index is 0.0466. The lowest BCUT2D eigenvalue weighted by Gasteiger charge is -2.35. The van der Waals surface area contributed by atoms with Gasteiger partial charge in [0.05, 0.1) is 5.56 Å². The fourth-order valence-corrected chi connectivity index (χ4v) is 2.64. The first-order valence-electron chi connectivity index (χ1n) is 6.77. The minimum Gasteiger partial charge on any atom is -0.478 e. The number of carbonyl (C=O) groups excluding carboxylic acids is 1. The fraction of sp³-hybridized carbons (Fsp3) is 0.467. The Hall–Kier alpha value is -1.84. The van der Waals surface area contributed by atoms with Crippen molar-refractivity contribution in [2.24, 2.45) is 0 Å². The Balaban J connectivity index is 2.22. The highest BCUT2D eigenvalue weighted by atomic mass is 16.4. The summed E-state index contributed by atoms with van der Waals surface area (Å²) in [5.74, 6) is -1.05. The van der Waals surface area contributed by atoms with Crippen LogP contribution in [0.5, 0.6) is 0 Å². The van der Waals surface area contributed by atoms with Crippen LogP contribution in [0.1, 0.15) is 53.3 Å². The van der Waals surface area contributed by atoms with E-state index in [0.29, 0.717) is 5.56 Å². The maximum atomic E-state index is 12.5. The van der Waals surface area contributed by atoms with Crippen molar-refractivity contribution in [1.29, 1.82) is 0 Å². The SMILES string of the molecule is CCC1CCCCN1C(=O)c1cccc(C(=O)O)c1. The average molecular weight is 261 g/mol. The first-order valence-corrected chi connectivity index (χ1v) is 6.77. The van der Waals surface area contributed by atoms with Gasteiger partial charge in [0.15, 0.2) is 0 Å². The Bertz CT molecular complexity index is 484. The Labute approximate surface area is 113 Å². The molecular formula is C15H19NO3. The summed E-state index contributed by atoms with van der Waals surface area (Å²) in [7, 11) is 0. The van der Waals surface area contributed by atoms with E-state index in [1.807, 2.05) is 4.90 Å². The largest absolute Gasteiger partial charge is 0.478 e. The van der Waals surface area contributed by atoms with E-state index in [-0.39, 0.29) is 17.5 Å². The molecule has 1 saturated heterocycles. The van der Waals surface area contributed by atoms with Gasteiger partial charge in [0.1, 0.15) is 0 Å². The van der Waals surface area contributed by atoms with E-state index in [2.05, 4.69) is 6.92 Å². The van der Waals surface area contributed by atoms with Crippen molar-refractivity contribution in [2.75, 3.05) is 6.54 Å². The molecule has 0 aromatic heterocycles. The van der Waals surface area contributed by atoms with Crippen LogP contribution in [0, 0.1) is 0 Å². The number of hydrogen-bond donors (Lipinski definition) is 1. The van der Waals surface area contributed by atoms with E-state index in [1.54, 1.807) is 12.1 Å². The molecule has 1 heterocycles. The van der Waals surface area contributed by atoms with Crippen LogP contribution in [0.4, 0.5) is 0 Å². The Morgan fingerprint density at radius 2 is 2.05 bits per heavy atom. The van der Waals surface area contributed by atoms with Gasteiger partial charge in [-0.15, -0.1) is 0 Å². The Morgan fingerprint density at radius 1 is 1.32 bits per heavy atom. The highest BCUT2D eigenvalue weighted by molar-refractivity contribution is 5.97. The molecule has 0 saturated carbocycles. The molecule has 4 nitrogen and oxygen atoms in total. The van der Waals surface area contributed by atoms with Gasteiger partial charge in [-0.1, -0.05) is 13.0 Å². The number of rotatable bonds is 3. The van der Waals surface area contributed by atoms with Gasteiger partial charge in [-0.05, 0) is 43.9 Å². The van der Waals surface area contributed by atoms with Crippen LogP contribution in [0.15, 0.2) is 24.3 Å². The summed E-state index contributed by atoms with van der Waals surface area (Å²) in [6, 6.07) is 6.57. The molecule has 1 aromatic carbocycles. The highest BCUT2D eigenvalue weighted by Gasteiger charge is 2.26. The van der Waals surface area contributed by atoms with Crippen molar-refractivity contribution in [3.8, 4) is 0 Å². The Kier molecular flexibility index (Phi) is 4.20. The zero-order chi connectivity index (χ0) is 13.8. The number of hydrogen-bond acceptors (Lipinski definition) is 2. The van der Waals surface area contributed by atoms with E-state index in [1.165, 1.54) is 12.1 Å². The van der Waals surface area contributed by atoms with Gasteiger partial charge < -0.3 is 10.0 Å². The molecule has 0 radical (unpaired) electrons. The molecule has 1 aliphatic heterocycles. The van der Waals surface area contributed by atoms with Gasteiger partial charge in [-0.3, -0.25) is 4.79 Å². The molecule has 0 spiro atoms. The minimum atomic E-state index is -1.000. The standard InChI is InChI=1S/C15H19NO3/c1-2-13-8-3-4-9-16(13)14(17)11-6-5-7-12(10-11)15(18)19/h5-7,10,13H,2-4,8-9H2,1H3,(H,18,19). The van der Waals surface area contributed by atoms with Gasteiger partial charge in [0.25, 0.3) is 5.91 Å². The van der Waals surface area contributed by atoms with Gasteiger partial charge in [0.2, 0.25) is 0 Å². The molecule has 102 valence electrons. The van der Waals surface area contributed by atoms with Crippen molar-refractivity contribution in [2.45, 2.75) is 38.6 Å². The van der Waals surface area contributed by atoms with E-state index < -0.39 is 5.97 Å². The molecule has 19 heavy (non-hydrogen) atoms. The molecule has 0 aliphatic carbocycles. The van der Waals surface area contributed by atoms with E-state index in [4.69, 9.17) is 5.11 Å². The number of piperidine rings is 1. The van der Waals surface area contributed by atoms with Gasteiger partial charge in [-0.25, -0.2) is 4.79 Å². The predicted octanol–water partition coefficient (Wildman–Crippen LogP) is 2.79. The quantitative estimate of drug-likeness (QED) is 0.910. The van der Waals surface area contributed by atoms with Crippen molar-refractivity contribution in [3.63, 3.8) is 0 Å². The third-order valence-electron chi connectivity index (χ3n) is 3.72. The van der Waals surface area contributed by atoms with Gasteiger partial charge >= 0.3 is 5.97 Å². The first-order chi connectivity index (χ1) is 9.13. The smallest absolute Gasteiger partial charge is 0.335 e. The first kappa shape index (κ1) is 13.6. The fourth-order valence-electron chi connectivity index (χ4n) is 2.64. The summed E-state index contributed by atoms with van der Waals surface area (Å²) in [4.78, 5) is 25.3. The summed E-state index contributed by atoms with van der Waals surface area (Å²) in [5.41, 5.74) is 0.635. The maximum absolute atomic E-state index is 12.5. The van der Waals surface area contributed by atoms with Crippen LogP contribution >= 0.6 is 0 Å². The summed E-state index contributed by atoms with van der Waals surface area (Å²) < 4.78 is 0. The summed E-state index contributed by atoms with van der Waals surface area (Å²) in [6.07, 6.45) is 4.18. The lowest BCUT2D eigenvalue weighted by atomic mass is 9.98. The van der Waals surface area contributed by atoms with Gasteiger partial charge in [-0.2, -0.15) is 0 Å². The zero-order valence-electron chi connectivity index (χ0n) is 11.1. The van der Waals surface area contributed by atoms with Crippen molar-refractivity contribution in [3.05, 3.63) is 35.4 Å². The van der Waals surface area contributed by atoms with E-state index >= 15 is 0 Å². The zero-order valence-corrected chi connectivity index (χ0v) is 11.1. The molecule has 2 rings (SSSR count). The van der Waals surface area contributed by atoms with E-state index in [0.717, 1.165) is 32.2 Å². The second-order valence-electron chi connectivity index (χ2n) is 4.94. The third-order valence-corrected chi connectivity index (χ3v) is 3.72. The molecule has 1 N–H and O–H groups in total. The third kappa shape index (κ3) is 2.95. The van der Waals surface area contributed by atoms with Crippen molar-refractivity contribution >= 4 is 11.9 Å². The number of nitrogens with zero attached hydrogens (tertiary/aromatic N) is 1. The predicted molar refractivity (Wildman–Crippen MR) is 72.4 cm³/mol. The monoisotopic (exact) mass is 261 g/mol. The highest BCUT2D eigenvalue weighted by Crippen LogP contribution is 2.22. The van der Waals surface area contributed by atoms with E-state index in [9.17, 15) is 9.59 Å². The number of likely N-dealkylation sites (tertiary alicyclic amines) is 1. The number of carbonyl (C=O) groups is 2. The van der Waals surface area contributed by atoms with Crippen LogP contribution in [0.25, 0.3) is 0 Å². The van der Waals surface area contributed by atoms with Crippen molar-refractivity contribution < 1.29 is 14.7 Å². The average Bonchev–Trinajstić information content (AvgIpc) is 2.46. The van der Waals surface area contributed by atoms with Crippen LogP contribution < -0.4 is 0 Å². The van der Waals surface area contributed by atoms with Crippen LogP contribution in [0.2, 0.25) is 0 Å². The molecule has 1 aliphatic rings. The molecule has 1 aromatic rings. The lowest BCUT2D eigenvalue weighted by molar-refractivity contribution is 0.0608. The number of carboxylic acids is 1. The summed E-state index contributed by atoms with van der Waals surface area (Å²) in [5, 5.41) is 8.97. The Morgan fingerprint density at radius 3 is 2.74 bits per heavy atom. The van der Waals surface area contributed by atoms with Crippen molar-refractivity contribution in [1.82, 2.24) is 4.90 Å². The molecule has 1 fully saturated rings. The van der Waals surface area contributed by atoms with Crippen LogP contribution in [-0.4, -0.2) is 34.5 Å². The molecule has 1 atom stereocenters. The molecule has 0 bridgehead atoms. The molecule has 1 amide bonds. The number of amides is 1. The maximum Gasteiger partial charge on any atom is 0.335 e. The number of aromatic carboxylic acids is 1. The van der Waals surface area contributed by atoms with Gasteiger partial charge in [0, 0.05) is 18.2 Å². The van der Waals surface area contributed by atoms with Crippen LogP contribution in [0.3, 0.4) is 0 Å². The lowest BCUT2D eigenvalue weighted by Crippen LogP contribution is -2.43. The summed E-state index contributed by atoms with van der Waals surface area (Å²) >= 11 is 0.